The van der Waals surface area contributed by atoms with Crippen LogP contribution in [0.15, 0.2) is 36.7 Å². The predicted molar refractivity (Wildman–Crippen MR) is 85.3 cm³/mol. The highest BCUT2D eigenvalue weighted by molar-refractivity contribution is 5.73. The molecule has 5 nitrogen and oxygen atoms in total. The summed E-state index contributed by atoms with van der Waals surface area (Å²) in [6.07, 6.45) is 5.62. The van der Waals surface area contributed by atoms with Crippen LogP contribution in [0.4, 0.5) is 4.39 Å². The van der Waals surface area contributed by atoms with Gasteiger partial charge in [0.25, 0.3) is 0 Å². The summed E-state index contributed by atoms with van der Waals surface area (Å²) in [7, 11) is 0. The Kier molecular flexibility index (Phi) is 3.75. The zero-order valence-corrected chi connectivity index (χ0v) is 12.7. The fourth-order valence-electron chi connectivity index (χ4n) is 3.26. The highest BCUT2D eigenvalue weighted by Crippen LogP contribution is 2.27. The second-order valence-electron chi connectivity index (χ2n) is 6.05. The standard InChI is InChI=1S/C17H18FN5/c18-14-4-1-7-19-16(14)11-23-8-2-3-13(10-23)15-6-5-12-9-20-22-17(12)21-15/h1,4-7,9,13H,2-3,8,10-11H2,(H,20,21,22)/t13-/m0/s1. The van der Waals surface area contributed by atoms with Crippen LogP contribution in [0.5, 0.6) is 0 Å². The third-order valence-electron chi connectivity index (χ3n) is 4.45. The van der Waals surface area contributed by atoms with Crippen LogP contribution in [-0.4, -0.2) is 38.2 Å². The smallest absolute Gasteiger partial charge is 0.155 e. The molecule has 0 saturated carbocycles. The van der Waals surface area contributed by atoms with Crippen molar-refractivity contribution in [3.63, 3.8) is 0 Å². The second-order valence-corrected chi connectivity index (χ2v) is 6.05. The predicted octanol–water partition coefficient (Wildman–Crippen LogP) is 2.87. The summed E-state index contributed by atoms with van der Waals surface area (Å²) >= 11 is 0. The van der Waals surface area contributed by atoms with Gasteiger partial charge in [-0.3, -0.25) is 15.0 Å². The molecule has 6 heteroatoms. The monoisotopic (exact) mass is 311 g/mol. The lowest BCUT2D eigenvalue weighted by atomic mass is 9.94. The van der Waals surface area contributed by atoms with Crippen molar-refractivity contribution in [1.29, 1.82) is 0 Å². The molecule has 0 aromatic carbocycles. The summed E-state index contributed by atoms with van der Waals surface area (Å²) in [6.45, 7) is 2.40. The normalized spacial score (nSPS) is 19.3. The zero-order valence-electron chi connectivity index (χ0n) is 12.7. The first-order valence-electron chi connectivity index (χ1n) is 7.91. The number of aromatic amines is 1. The Morgan fingerprint density at radius 1 is 1.30 bits per heavy atom. The number of hydrogen-bond acceptors (Lipinski definition) is 4. The molecule has 0 radical (unpaired) electrons. The molecule has 0 aliphatic carbocycles. The van der Waals surface area contributed by atoms with Crippen LogP contribution in [-0.2, 0) is 6.54 Å². The third kappa shape index (κ3) is 2.94. The first-order valence-corrected chi connectivity index (χ1v) is 7.91. The van der Waals surface area contributed by atoms with Crippen LogP contribution < -0.4 is 0 Å². The summed E-state index contributed by atoms with van der Waals surface area (Å²) in [5.74, 6) is 0.134. The average molecular weight is 311 g/mol. The van der Waals surface area contributed by atoms with Gasteiger partial charge in [-0.2, -0.15) is 5.10 Å². The van der Waals surface area contributed by atoms with Gasteiger partial charge in [0.15, 0.2) is 5.65 Å². The number of likely N-dealkylation sites (tertiary alicyclic amines) is 1. The molecule has 1 N–H and O–H groups in total. The number of nitrogens with zero attached hydrogens (tertiary/aromatic N) is 4. The Morgan fingerprint density at radius 3 is 3.17 bits per heavy atom. The van der Waals surface area contributed by atoms with Crippen molar-refractivity contribution in [2.75, 3.05) is 13.1 Å². The van der Waals surface area contributed by atoms with Crippen LogP contribution >= 0.6 is 0 Å². The Bertz CT molecular complexity index is 815. The summed E-state index contributed by atoms with van der Waals surface area (Å²) in [6, 6.07) is 7.23. The molecule has 4 heterocycles. The number of rotatable bonds is 3. The van der Waals surface area contributed by atoms with Crippen molar-refractivity contribution in [3.8, 4) is 0 Å². The Hall–Kier alpha value is -2.34. The fourth-order valence-corrected chi connectivity index (χ4v) is 3.26. The lowest BCUT2D eigenvalue weighted by molar-refractivity contribution is 0.194. The van der Waals surface area contributed by atoms with Crippen LogP contribution in [0.1, 0.15) is 30.1 Å². The van der Waals surface area contributed by atoms with Gasteiger partial charge < -0.3 is 0 Å². The summed E-state index contributed by atoms with van der Waals surface area (Å²) in [5, 5.41) is 7.97. The van der Waals surface area contributed by atoms with Crippen LogP contribution in [0.25, 0.3) is 11.0 Å². The van der Waals surface area contributed by atoms with E-state index in [1.807, 2.05) is 0 Å². The molecule has 118 valence electrons. The molecule has 1 aliphatic heterocycles. The lowest BCUT2D eigenvalue weighted by Crippen LogP contribution is -2.34. The van der Waals surface area contributed by atoms with E-state index in [0.29, 0.717) is 18.2 Å². The number of nitrogens with one attached hydrogen (secondary N) is 1. The van der Waals surface area contributed by atoms with E-state index < -0.39 is 0 Å². The van der Waals surface area contributed by atoms with Crippen LogP contribution in [0.2, 0.25) is 0 Å². The molecule has 1 fully saturated rings. The molecule has 0 spiro atoms. The molecule has 1 atom stereocenters. The van der Waals surface area contributed by atoms with Crippen molar-refractivity contribution in [3.05, 3.63) is 53.9 Å². The average Bonchev–Trinajstić information content (AvgIpc) is 3.05. The Balaban J connectivity index is 1.51. The van der Waals surface area contributed by atoms with E-state index in [9.17, 15) is 4.39 Å². The van der Waals surface area contributed by atoms with Gasteiger partial charge in [-0.15, -0.1) is 0 Å². The molecule has 1 aliphatic rings. The van der Waals surface area contributed by atoms with Gasteiger partial charge in [0.1, 0.15) is 5.82 Å². The van der Waals surface area contributed by atoms with E-state index in [-0.39, 0.29) is 5.82 Å². The SMILES string of the molecule is Fc1cccnc1CN1CCC[C@H](c2ccc3cn[nH]c3n2)C1. The van der Waals surface area contributed by atoms with Crippen molar-refractivity contribution in [2.24, 2.45) is 0 Å². The summed E-state index contributed by atoms with van der Waals surface area (Å²) < 4.78 is 13.8. The molecule has 1 saturated heterocycles. The maximum atomic E-state index is 13.8. The van der Waals surface area contributed by atoms with Gasteiger partial charge in [-0.05, 0) is 43.7 Å². The molecule has 23 heavy (non-hydrogen) atoms. The molecular weight excluding hydrogens is 293 g/mol. The molecule has 0 amide bonds. The van der Waals surface area contributed by atoms with E-state index >= 15 is 0 Å². The minimum absolute atomic E-state index is 0.230. The van der Waals surface area contributed by atoms with E-state index in [4.69, 9.17) is 0 Å². The van der Waals surface area contributed by atoms with Crippen molar-refractivity contribution in [1.82, 2.24) is 25.1 Å². The number of halogens is 1. The molecule has 3 aromatic rings. The first kappa shape index (κ1) is 14.3. The molecule has 4 rings (SSSR count). The second kappa shape index (κ2) is 6.04. The molecule has 3 aromatic heterocycles. The number of H-pyrrole nitrogens is 1. The third-order valence-corrected chi connectivity index (χ3v) is 4.45. The van der Waals surface area contributed by atoms with Crippen molar-refractivity contribution >= 4 is 11.0 Å². The first-order chi connectivity index (χ1) is 11.3. The quantitative estimate of drug-likeness (QED) is 0.808. The van der Waals surface area contributed by atoms with E-state index in [1.165, 1.54) is 6.07 Å². The maximum Gasteiger partial charge on any atom is 0.155 e. The number of piperidine rings is 1. The van der Waals surface area contributed by atoms with Crippen LogP contribution in [0.3, 0.4) is 0 Å². The number of hydrogen-bond donors (Lipinski definition) is 1. The van der Waals surface area contributed by atoms with E-state index in [1.54, 1.807) is 18.5 Å². The number of fused-ring (bicyclic) bond motifs is 1. The van der Waals surface area contributed by atoms with Crippen molar-refractivity contribution in [2.45, 2.75) is 25.3 Å². The van der Waals surface area contributed by atoms with Gasteiger partial charge in [0, 0.05) is 36.3 Å². The van der Waals surface area contributed by atoms with Crippen molar-refractivity contribution < 1.29 is 4.39 Å². The topological polar surface area (TPSA) is 57.7 Å². The molecular formula is C17H18FN5. The van der Waals surface area contributed by atoms with Gasteiger partial charge in [0.2, 0.25) is 0 Å². The zero-order chi connectivity index (χ0) is 15.6. The summed E-state index contributed by atoms with van der Waals surface area (Å²) in [4.78, 5) is 11.1. The Labute approximate surface area is 133 Å². The molecule has 0 unspecified atom stereocenters. The highest BCUT2D eigenvalue weighted by atomic mass is 19.1. The minimum Gasteiger partial charge on any atom is -0.297 e. The van der Waals surface area contributed by atoms with Gasteiger partial charge in [0.05, 0.1) is 11.9 Å². The highest BCUT2D eigenvalue weighted by Gasteiger charge is 2.23. The van der Waals surface area contributed by atoms with E-state index in [0.717, 1.165) is 42.7 Å². The minimum atomic E-state index is -0.230. The van der Waals surface area contributed by atoms with Gasteiger partial charge in [-0.1, -0.05) is 0 Å². The number of aromatic nitrogens is 4. The maximum absolute atomic E-state index is 13.8. The number of pyridine rings is 2. The fraction of sp³-hybridized carbons (Fsp3) is 0.353. The van der Waals surface area contributed by atoms with E-state index in [2.05, 4.69) is 37.2 Å². The Morgan fingerprint density at radius 2 is 2.26 bits per heavy atom. The lowest BCUT2D eigenvalue weighted by Gasteiger charge is -2.32. The van der Waals surface area contributed by atoms with Gasteiger partial charge in [-0.25, -0.2) is 9.37 Å². The van der Waals surface area contributed by atoms with Crippen LogP contribution in [0, 0.1) is 5.82 Å². The molecule has 0 bridgehead atoms. The van der Waals surface area contributed by atoms with Gasteiger partial charge >= 0.3 is 0 Å². The summed E-state index contributed by atoms with van der Waals surface area (Å²) in [5.41, 5.74) is 2.42. The largest absolute Gasteiger partial charge is 0.297 e.